The summed E-state index contributed by atoms with van der Waals surface area (Å²) in [5.74, 6) is 2.91. The highest BCUT2D eigenvalue weighted by molar-refractivity contribution is 5.80. The summed E-state index contributed by atoms with van der Waals surface area (Å²) in [5, 5.41) is 11.1. The Morgan fingerprint density at radius 3 is 2.58 bits per heavy atom. The molecular weight excluding hydrogens is 300 g/mol. The van der Waals surface area contributed by atoms with Gasteiger partial charge in [-0.1, -0.05) is 13.8 Å². The molecule has 4 aliphatic rings. The van der Waals surface area contributed by atoms with E-state index in [9.17, 15) is 14.7 Å². The molecule has 4 rings (SSSR count). The quantitative estimate of drug-likeness (QED) is 0.795. The van der Waals surface area contributed by atoms with Gasteiger partial charge >= 0.3 is 0 Å². The highest BCUT2D eigenvalue weighted by atomic mass is 16.3. The maximum absolute atomic E-state index is 12.2. The van der Waals surface area contributed by atoms with Gasteiger partial charge in [-0.15, -0.1) is 0 Å². The molecule has 134 valence electrons. The minimum Gasteiger partial charge on any atom is -0.393 e. The van der Waals surface area contributed by atoms with Crippen molar-refractivity contribution in [3.63, 3.8) is 0 Å². The minimum absolute atomic E-state index is 0.0388. The minimum atomic E-state index is -0.367. The molecule has 0 aromatic heterocycles. The molecule has 24 heavy (non-hydrogen) atoms. The Kier molecular flexibility index (Phi) is 3.77. The van der Waals surface area contributed by atoms with Crippen LogP contribution in [0.15, 0.2) is 0 Å². The summed E-state index contributed by atoms with van der Waals surface area (Å²) in [6.45, 7) is 6.30. The van der Waals surface area contributed by atoms with Gasteiger partial charge < -0.3 is 5.11 Å². The second-order valence-corrected chi connectivity index (χ2v) is 9.76. The molecule has 0 unspecified atom stereocenters. The largest absolute Gasteiger partial charge is 0.393 e. The van der Waals surface area contributed by atoms with E-state index in [4.69, 9.17) is 0 Å². The second-order valence-electron chi connectivity index (χ2n) is 9.76. The molecular formula is C21H32O3. The number of carbonyl (C=O) groups is 2. The van der Waals surface area contributed by atoms with E-state index in [1.165, 1.54) is 6.42 Å². The van der Waals surface area contributed by atoms with Crippen LogP contribution in [-0.4, -0.2) is 22.8 Å². The van der Waals surface area contributed by atoms with Crippen molar-refractivity contribution in [3.8, 4) is 0 Å². The molecule has 0 aliphatic heterocycles. The highest BCUT2D eigenvalue weighted by Crippen LogP contribution is 2.67. The van der Waals surface area contributed by atoms with Crippen LogP contribution < -0.4 is 0 Å². The molecule has 4 saturated carbocycles. The van der Waals surface area contributed by atoms with Gasteiger partial charge in [-0.05, 0) is 74.5 Å². The van der Waals surface area contributed by atoms with Gasteiger partial charge in [0.2, 0.25) is 0 Å². The Labute approximate surface area is 145 Å². The van der Waals surface area contributed by atoms with E-state index in [0.717, 1.165) is 44.9 Å². The van der Waals surface area contributed by atoms with Crippen LogP contribution in [0.1, 0.15) is 72.1 Å². The summed E-state index contributed by atoms with van der Waals surface area (Å²) >= 11 is 0. The molecule has 3 heteroatoms. The molecule has 0 spiro atoms. The Hall–Kier alpha value is -0.700. The maximum atomic E-state index is 12.2. The van der Waals surface area contributed by atoms with Crippen LogP contribution in [0.25, 0.3) is 0 Å². The van der Waals surface area contributed by atoms with Gasteiger partial charge in [0.1, 0.15) is 11.6 Å². The first-order chi connectivity index (χ1) is 11.3. The van der Waals surface area contributed by atoms with Crippen molar-refractivity contribution in [1.82, 2.24) is 0 Å². The Bertz CT molecular complexity index is 569. The monoisotopic (exact) mass is 332 g/mol. The average Bonchev–Trinajstić information content (AvgIpc) is 2.88. The lowest BCUT2D eigenvalue weighted by molar-refractivity contribution is -0.170. The summed E-state index contributed by atoms with van der Waals surface area (Å²) in [6.07, 6.45) is 7.36. The molecule has 8 atom stereocenters. The predicted molar refractivity (Wildman–Crippen MR) is 92.3 cm³/mol. The molecule has 0 aromatic carbocycles. The third-order valence-corrected chi connectivity index (χ3v) is 9.08. The smallest absolute Gasteiger partial charge is 0.133 e. The number of fused-ring (bicyclic) bond motifs is 5. The second kappa shape index (κ2) is 5.40. The normalized spacial score (nSPS) is 53.9. The van der Waals surface area contributed by atoms with Crippen molar-refractivity contribution in [2.75, 3.05) is 0 Å². The van der Waals surface area contributed by atoms with E-state index in [1.54, 1.807) is 6.92 Å². The standard InChI is InChI=1S/C21H32O3/c1-12(22)16-6-7-17-15-5-4-13-10-14(23)8-9-20(13,2)18(15)11-19(24)21(16,17)3/h13,15-19,24H,4-11H2,1-3H3/t13-,15+,16+,17-,18-,19+,20+,21-/m1/s1. The zero-order valence-corrected chi connectivity index (χ0v) is 15.4. The van der Waals surface area contributed by atoms with Crippen molar-refractivity contribution in [1.29, 1.82) is 0 Å². The van der Waals surface area contributed by atoms with Crippen molar-refractivity contribution in [2.45, 2.75) is 78.2 Å². The van der Waals surface area contributed by atoms with Crippen molar-refractivity contribution in [3.05, 3.63) is 0 Å². The molecule has 0 amide bonds. The Morgan fingerprint density at radius 2 is 1.88 bits per heavy atom. The van der Waals surface area contributed by atoms with Crippen LogP contribution >= 0.6 is 0 Å². The number of aliphatic hydroxyl groups excluding tert-OH is 1. The van der Waals surface area contributed by atoms with Gasteiger partial charge in [0.05, 0.1) is 6.10 Å². The topological polar surface area (TPSA) is 54.4 Å². The lowest BCUT2D eigenvalue weighted by Gasteiger charge is -2.61. The Balaban J connectivity index is 1.67. The first-order valence-corrected chi connectivity index (χ1v) is 9.98. The van der Waals surface area contributed by atoms with Gasteiger partial charge in [-0.3, -0.25) is 9.59 Å². The third-order valence-electron chi connectivity index (χ3n) is 9.08. The van der Waals surface area contributed by atoms with Gasteiger partial charge in [-0.2, -0.15) is 0 Å². The first kappa shape index (κ1) is 16.8. The van der Waals surface area contributed by atoms with Crippen molar-refractivity contribution >= 4 is 11.6 Å². The molecule has 4 fully saturated rings. The summed E-state index contributed by atoms with van der Waals surface area (Å²) < 4.78 is 0. The molecule has 0 bridgehead atoms. The Morgan fingerprint density at radius 1 is 1.12 bits per heavy atom. The van der Waals surface area contributed by atoms with Crippen LogP contribution in [0.5, 0.6) is 0 Å². The fraction of sp³-hybridized carbons (Fsp3) is 0.905. The summed E-state index contributed by atoms with van der Waals surface area (Å²) in [5.41, 5.74) is -0.00582. The SMILES string of the molecule is CC(=O)[C@@H]1CC[C@@H]2[C@@H]3CC[C@@H]4CC(=O)CC[C@]4(C)[C@@H]3C[C@H](O)[C@@]21C. The highest BCUT2D eigenvalue weighted by Gasteiger charge is 2.63. The number of hydrogen-bond donors (Lipinski definition) is 1. The molecule has 3 nitrogen and oxygen atoms in total. The molecule has 0 aromatic rings. The third kappa shape index (κ3) is 2.06. The summed E-state index contributed by atoms with van der Waals surface area (Å²) in [7, 11) is 0. The fourth-order valence-corrected chi connectivity index (χ4v) is 7.67. The van der Waals surface area contributed by atoms with E-state index >= 15 is 0 Å². The van der Waals surface area contributed by atoms with E-state index in [0.29, 0.717) is 29.5 Å². The molecule has 1 N–H and O–H groups in total. The molecule has 0 heterocycles. The van der Waals surface area contributed by atoms with E-state index in [1.807, 2.05) is 0 Å². The van der Waals surface area contributed by atoms with Crippen LogP contribution in [-0.2, 0) is 9.59 Å². The fourth-order valence-electron chi connectivity index (χ4n) is 7.67. The number of carbonyl (C=O) groups excluding carboxylic acids is 2. The lowest BCUT2D eigenvalue weighted by Crippen LogP contribution is -2.58. The van der Waals surface area contributed by atoms with Crippen LogP contribution in [0.4, 0.5) is 0 Å². The zero-order chi connectivity index (χ0) is 17.3. The van der Waals surface area contributed by atoms with E-state index < -0.39 is 0 Å². The van der Waals surface area contributed by atoms with E-state index in [2.05, 4.69) is 13.8 Å². The van der Waals surface area contributed by atoms with Gasteiger partial charge in [0.15, 0.2) is 0 Å². The van der Waals surface area contributed by atoms with E-state index in [-0.39, 0.29) is 28.6 Å². The number of hydrogen-bond acceptors (Lipinski definition) is 3. The van der Waals surface area contributed by atoms with Crippen LogP contribution in [0.2, 0.25) is 0 Å². The number of Topliss-reactive ketones (excluding diaryl/α,β-unsaturated/α-hetero) is 2. The molecule has 4 aliphatic carbocycles. The van der Waals surface area contributed by atoms with Gasteiger partial charge in [-0.25, -0.2) is 0 Å². The predicted octanol–water partition coefficient (Wildman–Crippen LogP) is 3.77. The van der Waals surface area contributed by atoms with Crippen molar-refractivity contribution in [2.24, 2.45) is 40.4 Å². The van der Waals surface area contributed by atoms with Gasteiger partial charge in [0, 0.05) is 24.2 Å². The number of rotatable bonds is 1. The number of ketones is 2. The molecule has 0 radical (unpaired) electrons. The van der Waals surface area contributed by atoms with Crippen molar-refractivity contribution < 1.29 is 14.7 Å². The van der Waals surface area contributed by atoms with Crippen LogP contribution in [0, 0.1) is 40.4 Å². The molecule has 0 saturated heterocycles. The zero-order valence-electron chi connectivity index (χ0n) is 15.4. The first-order valence-electron chi connectivity index (χ1n) is 9.98. The number of aliphatic hydroxyl groups is 1. The average molecular weight is 332 g/mol. The lowest BCUT2D eigenvalue weighted by atomic mass is 9.44. The maximum Gasteiger partial charge on any atom is 0.133 e. The summed E-state index contributed by atoms with van der Waals surface area (Å²) in [6, 6.07) is 0. The van der Waals surface area contributed by atoms with Gasteiger partial charge in [0.25, 0.3) is 0 Å². The van der Waals surface area contributed by atoms with Crippen LogP contribution in [0.3, 0.4) is 0 Å². The summed E-state index contributed by atoms with van der Waals surface area (Å²) in [4.78, 5) is 24.1.